The van der Waals surface area contributed by atoms with Crippen molar-refractivity contribution in [1.82, 2.24) is 9.80 Å². The first-order valence-corrected chi connectivity index (χ1v) is 11.5. The number of hydrogen-bond acceptors (Lipinski definition) is 7. The molecular weight excluding hydrogens is 450 g/mol. The molecule has 0 saturated carbocycles. The lowest BCUT2D eigenvalue weighted by atomic mass is 9.95. The number of likely N-dealkylation sites (tertiary alicyclic amines) is 1. The molecule has 1 unspecified atom stereocenters. The number of benzene rings is 2. The molecule has 9 heteroatoms. The van der Waals surface area contributed by atoms with E-state index < -0.39 is 28.4 Å². The minimum atomic E-state index is -0.848. The third kappa shape index (κ3) is 6.05. The number of aliphatic hydroxyl groups excluding tert-OH is 1. The van der Waals surface area contributed by atoms with Gasteiger partial charge in [0.2, 0.25) is 0 Å². The highest BCUT2D eigenvalue weighted by Gasteiger charge is 2.46. The maximum atomic E-state index is 13.1. The van der Waals surface area contributed by atoms with Gasteiger partial charge in [0, 0.05) is 24.2 Å². The molecule has 1 amide bonds. The van der Waals surface area contributed by atoms with Crippen LogP contribution in [0.15, 0.2) is 54.1 Å². The number of non-ortho nitro benzene ring substituents is 1. The molecule has 0 radical (unpaired) electrons. The molecule has 1 N–H and O–H groups in total. The Morgan fingerprint density at radius 3 is 2.54 bits per heavy atom. The average Bonchev–Trinajstić information content (AvgIpc) is 3.07. The van der Waals surface area contributed by atoms with E-state index in [0.29, 0.717) is 43.3 Å². The minimum Gasteiger partial charge on any atom is -0.507 e. The van der Waals surface area contributed by atoms with Crippen molar-refractivity contribution in [3.8, 4) is 5.75 Å². The van der Waals surface area contributed by atoms with Crippen molar-refractivity contribution >= 4 is 23.1 Å². The van der Waals surface area contributed by atoms with Gasteiger partial charge >= 0.3 is 0 Å². The number of amides is 1. The number of carbonyl (C=O) groups is 2. The van der Waals surface area contributed by atoms with Crippen LogP contribution in [0.1, 0.15) is 37.4 Å². The fraction of sp³-hybridized carbons (Fsp3) is 0.385. The van der Waals surface area contributed by atoms with Gasteiger partial charge < -0.3 is 19.6 Å². The Balaban J connectivity index is 2.10. The Bertz CT molecular complexity index is 1140. The molecule has 186 valence electrons. The molecule has 0 spiro atoms. The van der Waals surface area contributed by atoms with Crippen molar-refractivity contribution in [1.29, 1.82) is 0 Å². The summed E-state index contributed by atoms with van der Waals surface area (Å²) < 4.78 is 5.84. The first-order chi connectivity index (χ1) is 16.6. The Kier molecular flexibility index (Phi) is 8.24. The van der Waals surface area contributed by atoms with Crippen LogP contribution in [0.2, 0.25) is 0 Å². The summed E-state index contributed by atoms with van der Waals surface area (Å²) in [4.78, 5) is 40.3. The van der Waals surface area contributed by atoms with Crippen molar-refractivity contribution in [2.75, 3.05) is 33.8 Å². The number of ether oxygens (including phenoxy) is 1. The van der Waals surface area contributed by atoms with Crippen LogP contribution >= 0.6 is 0 Å². The smallest absolute Gasteiger partial charge is 0.295 e. The molecule has 1 aliphatic rings. The van der Waals surface area contributed by atoms with Crippen LogP contribution in [-0.2, 0) is 9.59 Å². The molecule has 2 aromatic carbocycles. The molecule has 1 aliphatic heterocycles. The van der Waals surface area contributed by atoms with E-state index in [4.69, 9.17) is 4.74 Å². The van der Waals surface area contributed by atoms with E-state index in [1.807, 2.05) is 32.8 Å². The lowest BCUT2D eigenvalue weighted by Gasteiger charge is -2.26. The number of rotatable bonds is 10. The van der Waals surface area contributed by atoms with Crippen molar-refractivity contribution in [3.63, 3.8) is 0 Å². The second-order valence-electron chi connectivity index (χ2n) is 9.23. The number of carbonyl (C=O) groups excluding carboxylic acids is 2. The second-order valence-corrected chi connectivity index (χ2v) is 9.23. The largest absolute Gasteiger partial charge is 0.507 e. The average molecular weight is 482 g/mol. The molecule has 1 atom stereocenters. The lowest BCUT2D eigenvalue weighted by Crippen LogP contribution is -2.32. The first kappa shape index (κ1) is 25.9. The van der Waals surface area contributed by atoms with Gasteiger partial charge in [-0.15, -0.1) is 0 Å². The summed E-state index contributed by atoms with van der Waals surface area (Å²) in [6, 6.07) is 11.6. The Hall–Kier alpha value is -3.72. The van der Waals surface area contributed by atoms with Crippen molar-refractivity contribution in [2.45, 2.75) is 26.3 Å². The topological polar surface area (TPSA) is 113 Å². The molecule has 2 aromatic rings. The number of nitrogens with zero attached hydrogens (tertiary/aromatic N) is 3. The Labute approximate surface area is 204 Å². The van der Waals surface area contributed by atoms with Gasteiger partial charge in [-0.3, -0.25) is 19.7 Å². The third-order valence-electron chi connectivity index (χ3n) is 5.63. The Morgan fingerprint density at radius 2 is 1.89 bits per heavy atom. The minimum absolute atomic E-state index is 0.0960. The van der Waals surface area contributed by atoms with Gasteiger partial charge in [-0.05, 0) is 50.7 Å². The fourth-order valence-corrected chi connectivity index (χ4v) is 3.97. The highest BCUT2D eigenvalue weighted by Crippen LogP contribution is 2.40. The van der Waals surface area contributed by atoms with Gasteiger partial charge in [0.25, 0.3) is 17.4 Å². The highest BCUT2D eigenvalue weighted by atomic mass is 16.6. The molecule has 1 saturated heterocycles. The number of ketones is 1. The summed E-state index contributed by atoms with van der Waals surface area (Å²) in [5, 5.41) is 22.4. The summed E-state index contributed by atoms with van der Waals surface area (Å²) in [7, 11) is 3.84. The van der Waals surface area contributed by atoms with Gasteiger partial charge in [0.15, 0.2) is 0 Å². The fourth-order valence-electron chi connectivity index (χ4n) is 3.97. The highest BCUT2D eigenvalue weighted by molar-refractivity contribution is 6.46. The molecule has 0 aromatic heterocycles. The van der Waals surface area contributed by atoms with Crippen molar-refractivity contribution < 1.29 is 24.4 Å². The van der Waals surface area contributed by atoms with Crippen LogP contribution < -0.4 is 4.74 Å². The maximum absolute atomic E-state index is 13.1. The van der Waals surface area contributed by atoms with E-state index in [9.17, 15) is 24.8 Å². The molecular formula is C26H31N3O6. The molecule has 9 nitrogen and oxygen atoms in total. The standard InChI is InChI=1S/C26H31N3O6/c1-17(2)16-35-21-11-6-8-18(15-21)23-22(24(30)19-9-5-10-20(14-19)29(33)34)25(31)26(32)28(23)13-7-12-27(3)4/h5-6,8-11,14-15,17,23,30H,7,12-13,16H2,1-4H3/b24-22-. The first-order valence-electron chi connectivity index (χ1n) is 11.5. The van der Waals surface area contributed by atoms with E-state index in [-0.39, 0.29) is 16.8 Å². The summed E-state index contributed by atoms with van der Waals surface area (Å²) in [5.41, 5.74) is 0.390. The predicted molar refractivity (Wildman–Crippen MR) is 132 cm³/mol. The number of Topliss-reactive ketones (excluding diaryl/α,β-unsaturated/α-hetero) is 1. The van der Waals surface area contributed by atoms with Gasteiger partial charge in [-0.1, -0.05) is 38.1 Å². The molecule has 1 fully saturated rings. The molecule has 3 rings (SSSR count). The number of hydrogen-bond donors (Lipinski definition) is 1. The van der Waals surface area contributed by atoms with Crippen molar-refractivity contribution in [2.24, 2.45) is 5.92 Å². The van der Waals surface area contributed by atoms with E-state index in [2.05, 4.69) is 0 Å². The molecule has 35 heavy (non-hydrogen) atoms. The van der Waals surface area contributed by atoms with Gasteiger partial charge in [0.05, 0.1) is 23.1 Å². The SMILES string of the molecule is CC(C)COc1cccc(C2/C(=C(/O)c3cccc([N+](=O)[O-])c3)C(=O)C(=O)N2CCCN(C)C)c1. The van der Waals surface area contributed by atoms with E-state index in [1.54, 1.807) is 24.3 Å². The summed E-state index contributed by atoms with van der Waals surface area (Å²) in [6.45, 7) is 5.57. The molecule has 0 aliphatic carbocycles. The lowest BCUT2D eigenvalue weighted by molar-refractivity contribution is -0.384. The van der Waals surface area contributed by atoms with Gasteiger partial charge in [-0.25, -0.2) is 0 Å². The van der Waals surface area contributed by atoms with Crippen LogP contribution in [-0.4, -0.2) is 65.3 Å². The van der Waals surface area contributed by atoms with E-state index >= 15 is 0 Å². The number of nitro benzene ring substituents is 1. The zero-order valence-electron chi connectivity index (χ0n) is 20.4. The molecule has 0 bridgehead atoms. The van der Waals surface area contributed by atoms with Crippen LogP contribution in [0, 0.1) is 16.0 Å². The van der Waals surface area contributed by atoms with E-state index in [1.165, 1.54) is 29.2 Å². The Morgan fingerprint density at radius 1 is 1.17 bits per heavy atom. The number of aliphatic hydroxyl groups is 1. The monoisotopic (exact) mass is 481 g/mol. The second kappa shape index (κ2) is 11.1. The van der Waals surface area contributed by atoms with Crippen molar-refractivity contribution in [3.05, 3.63) is 75.3 Å². The van der Waals surface area contributed by atoms with Crippen LogP contribution in [0.5, 0.6) is 5.75 Å². The quantitative estimate of drug-likeness (QED) is 0.179. The van der Waals surface area contributed by atoms with Crippen LogP contribution in [0.4, 0.5) is 5.69 Å². The maximum Gasteiger partial charge on any atom is 0.295 e. The molecule has 1 heterocycles. The third-order valence-corrected chi connectivity index (χ3v) is 5.63. The zero-order valence-corrected chi connectivity index (χ0v) is 20.4. The normalized spacial score (nSPS) is 17.4. The summed E-state index contributed by atoms with van der Waals surface area (Å²) in [6.07, 6.45) is 0.622. The van der Waals surface area contributed by atoms with E-state index in [0.717, 1.165) is 0 Å². The van der Waals surface area contributed by atoms with Gasteiger partial charge in [-0.2, -0.15) is 0 Å². The van der Waals surface area contributed by atoms with Crippen LogP contribution in [0.3, 0.4) is 0 Å². The zero-order chi connectivity index (χ0) is 25.7. The summed E-state index contributed by atoms with van der Waals surface area (Å²) in [5.74, 6) is -1.08. The predicted octanol–water partition coefficient (Wildman–Crippen LogP) is 4.00. The number of nitro groups is 1. The van der Waals surface area contributed by atoms with Gasteiger partial charge in [0.1, 0.15) is 11.5 Å². The summed E-state index contributed by atoms with van der Waals surface area (Å²) >= 11 is 0. The van der Waals surface area contributed by atoms with Crippen LogP contribution in [0.25, 0.3) is 5.76 Å².